The van der Waals surface area contributed by atoms with Gasteiger partial charge in [-0.25, -0.2) is 4.79 Å². The Kier molecular flexibility index (Phi) is 4.33. The first kappa shape index (κ1) is 13.0. The van der Waals surface area contributed by atoms with Gasteiger partial charge in [-0.1, -0.05) is 23.2 Å². The number of carbonyl (C=O) groups excluding carboxylic acids is 2. The molecule has 1 aromatic rings. The van der Waals surface area contributed by atoms with Gasteiger partial charge < -0.3 is 4.74 Å². The summed E-state index contributed by atoms with van der Waals surface area (Å²) in [7, 11) is 0. The molecule has 0 saturated heterocycles. The number of ether oxygens (including phenoxy) is 1. The first-order chi connectivity index (χ1) is 7.47. The van der Waals surface area contributed by atoms with Gasteiger partial charge in [0.15, 0.2) is 0 Å². The van der Waals surface area contributed by atoms with Crippen molar-refractivity contribution < 1.29 is 14.3 Å². The third-order valence-electron chi connectivity index (χ3n) is 1.95. The van der Waals surface area contributed by atoms with Gasteiger partial charge in [-0.05, 0) is 31.5 Å². The van der Waals surface area contributed by atoms with E-state index in [1.165, 1.54) is 12.1 Å². The van der Waals surface area contributed by atoms with Crippen molar-refractivity contribution in [3.63, 3.8) is 0 Å². The number of Topliss-reactive ketones (excluding diaryl/α,β-unsaturated/α-hetero) is 1. The SMILES string of the molecule is CCOC(=O)C(=O)c1cc(C)c(Cl)cc1Cl. The predicted molar refractivity (Wildman–Crippen MR) is 62.2 cm³/mol. The molecule has 0 unspecified atom stereocenters. The average Bonchev–Trinajstić information content (AvgIpc) is 2.23. The van der Waals surface area contributed by atoms with Crippen molar-refractivity contribution in [3.05, 3.63) is 33.3 Å². The molecule has 0 atom stereocenters. The van der Waals surface area contributed by atoms with E-state index in [1.54, 1.807) is 13.8 Å². The number of ketones is 1. The molecule has 5 heteroatoms. The number of rotatable bonds is 3. The second-order valence-electron chi connectivity index (χ2n) is 3.13. The van der Waals surface area contributed by atoms with Gasteiger partial charge in [-0.2, -0.15) is 0 Å². The minimum Gasteiger partial charge on any atom is -0.460 e. The molecule has 0 spiro atoms. The fraction of sp³-hybridized carbons (Fsp3) is 0.273. The van der Waals surface area contributed by atoms with Crippen molar-refractivity contribution in [2.45, 2.75) is 13.8 Å². The van der Waals surface area contributed by atoms with E-state index in [2.05, 4.69) is 4.74 Å². The van der Waals surface area contributed by atoms with E-state index in [0.717, 1.165) is 0 Å². The van der Waals surface area contributed by atoms with Gasteiger partial charge in [-0.3, -0.25) is 4.79 Å². The molecule has 16 heavy (non-hydrogen) atoms. The van der Waals surface area contributed by atoms with Crippen LogP contribution in [0.15, 0.2) is 12.1 Å². The zero-order chi connectivity index (χ0) is 12.3. The Labute approximate surface area is 103 Å². The zero-order valence-corrected chi connectivity index (χ0v) is 10.4. The van der Waals surface area contributed by atoms with Crippen molar-refractivity contribution in [1.29, 1.82) is 0 Å². The molecule has 0 saturated carbocycles. The second kappa shape index (κ2) is 5.32. The number of halogens is 2. The summed E-state index contributed by atoms with van der Waals surface area (Å²) in [5, 5.41) is 0.596. The lowest BCUT2D eigenvalue weighted by atomic mass is 10.1. The van der Waals surface area contributed by atoms with Crippen molar-refractivity contribution >= 4 is 35.0 Å². The van der Waals surface area contributed by atoms with E-state index >= 15 is 0 Å². The van der Waals surface area contributed by atoms with E-state index < -0.39 is 11.8 Å². The fourth-order valence-electron chi connectivity index (χ4n) is 1.14. The van der Waals surface area contributed by atoms with Crippen LogP contribution in [0, 0.1) is 6.92 Å². The topological polar surface area (TPSA) is 43.4 Å². The minimum absolute atomic E-state index is 0.113. The Morgan fingerprint density at radius 1 is 1.25 bits per heavy atom. The number of hydrogen-bond acceptors (Lipinski definition) is 3. The van der Waals surface area contributed by atoms with Crippen molar-refractivity contribution in [3.8, 4) is 0 Å². The average molecular weight is 261 g/mol. The second-order valence-corrected chi connectivity index (χ2v) is 3.95. The predicted octanol–water partition coefficient (Wildman–Crippen LogP) is 3.05. The van der Waals surface area contributed by atoms with Gasteiger partial charge in [0.05, 0.1) is 11.6 Å². The Morgan fingerprint density at radius 3 is 2.44 bits per heavy atom. The van der Waals surface area contributed by atoms with Crippen LogP contribution in [0.25, 0.3) is 0 Å². The van der Waals surface area contributed by atoms with Crippen molar-refractivity contribution in [2.75, 3.05) is 6.61 Å². The molecule has 0 bridgehead atoms. The van der Waals surface area contributed by atoms with Gasteiger partial charge in [-0.15, -0.1) is 0 Å². The lowest BCUT2D eigenvalue weighted by Crippen LogP contribution is -2.18. The standard InChI is InChI=1S/C11H10Cl2O3/c1-3-16-11(15)10(14)7-4-6(2)8(12)5-9(7)13/h4-5H,3H2,1-2H3. The molecule has 0 aliphatic carbocycles. The molecule has 0 radical (unpaired) electrons. The molecule has 0 fully saturated rings. The molecule has 3 nitrogen and oxygen atoms in total. The summed E-state index contributed by atoms with van der Waals surface area (Å²) in [4.78, 5) is 22.8. The summed E-state index contributed by atoms with van der Waals surface area (Å²) >= 11 is 11.6. The molecule has 0 aromatic heterocycles. The van der Waals surface area contributed by atoms with Gasteiger partial charge in [0, 0.05) is 10.6 Å². The highest BCUT2D eigenvalue weighted by Gasteiger charge is 2.21. The van der Waals surface area contributed by atoms with Crippen LogP contribution < -0.4 is 0 Å². The van der Waals surface area contributed by atoms with E-state index in [-0.39, 0.29) is 17.2 Å². The van der Waals surface area contributed by atoms with Gasteiger partial charge in [0.2, 0.25) is 0 Å². The number of carbonyl (C=O) groups is 2. The van der Waals surface area contributed by atoms with E-state index in [0.29, 0.717) is 10.6 Å². The van der Waals surface area contributed by atoms with Crippen LogP contribution in [0.1, 0.15) is 22.8 Å². The molecule has 0 N–H and O–H groups in total. The minimum atomic E-state index is -0.911. The molecule has 0 heterocycles. The van der Waals surface area contributed by atoms with Gasteiger partial charge in [0.25, 0.3) is 5.78 Å². The molecule has 1 aromatic carbocycles. The fourth-order valence-corrected chi connectivity index (χ4v) is 1.61. The molecule has 0 amide bonds. The first-order valence-corrected chi connectivity index (χ1v) is 5.40. The number of benzene rings is 1. The van der Waals surface area contributed by atoms with Crippen molar-refractivity contribution in [2.24, 2.45) is 0 Å². The molecule has 86 valence electrons. The Balaban J connectivity index is 3.09. The monoisotopic (exact) mass is 260 g/mol. The lowest BCUT2D eigenvalue weighted by Gasteiger charge is -2.05. The van der Waals surface area contributed by atoms with Crippen LogP contribution in [0.4, 0.5) is 0 Å². The van der Waals surface area contributed by atoms with Crippen LogP contribution in [0.5, 0.6) is 0 Å². The summed E-state index contributed by atoms with van der Waals surface area (Å²) in [5.41, 5.74) is 0.792. The van der Waals surface area contributed by atoms with Gasteiger partial charge >= 0.3 is 5.97 Å². The largest absolute Gasteiger partial charge is 0.460 e. The van der Waals surface area contributed by atoms with E-state index in [9.17, 15) is 9.59 Å². The Bertz CT molecular complexity index is 441. The van der Waals surface area contributed by atoms with Gasteiger partial charge in [0.1, 0.15) is 0 Å². The smallest absolute Gasteiger partial charge is 0.379 e. The third-order valence-corrected chi connectivity index (χ3v) is 2.67. The highest BCUT2D eigenvalue weighted by molar-refractivity contribution is 6.46. The zero-order valence-electron chi connectivity index (χ0n) is 8.84. The van der Waals surface area contributed by atoms with Crippen molar-refractivity contribution in [1.82, 2.24) is 0 Å². The molecular weight excluding hydrogens is 251 g/mol. The molecule has 0 aliphatic heterocycles. The maximum atomic E-state index is 11.6. The first-order valence-electron chi connectivity index (χ1n) is 4.64. The summed E-state index contributed by atoms with van der Waals surface area (Å²) in [6, 6.07) is 2.91. The van der Waals surface area contributed by atoms with E-state index in [1.807, 2.05) is 0 Å². The van der Waals surface area contributed by atoms with Crippen LogP contribution in [0.3, 0.4) is 0 Å². The summed E-state index contributed by atoms with van der Waals surface area (Å²) in [5.74, 6) is -1.67. The summed E-state index contributed by atoms with van der Waals surface area (Å²) in [6.45, 7) is 3.50. The summed E-state index contributed by atoms with van der Waals surface area (Å²) < 4.78 is 4.60. The molecule has 0 aliphatic rings. The molecular formula is C11H10Cl2O3. The molecule has 1 rings (SSSR count). The third kappa shape index (κ3) is 2.74. The summed E-state index contributed by atoms with van der Waals surface area (Å²) in [6.07, 6.45) is 0. The Hall–Kier alpha value is -1.06. The highest BCUT2D eigenvalue weighted by atomic mass is 35.5. The maximum Gasteiger partial charge on any atom is 0.379 e. The van der Waals surface area contributed by atoms with E-state index in [4.69, 9.17) is 23.2 Å². The quantitative estimate of drug-likeness (QED) is 0.477. The van der Waals surface area contributed by atoms with Crippen LogP contribution in [-0.2, 0) is 9.53 Å². The number of hydrogen-bond donors (Lipinski definition) is 0. The number of aryl methyl sites for hydroxylation is 1. The Morgan fingerprint density at radius 2 is 1.88 bits per heavy atom. The van der Waals surface area contributed by atoms with Crippen LogP contribution >= 0.6 is 23.2 Å². The van der Waals surface area contributed by atoms with Crippen LogP contribution in [-0.4, -0.2) is 18.4 Å². The maximum absolute atomic E-state index is 11.6. The normalized spacial score (nSPS) is 10.0. The highest BCUT2D eigenvalue weighted by Crippen LogP contribution is 2.25. The van der Waals surface area contributed by atoms with Crippen LogP contribution in [0.2, 0.25) is 10.0 Å². The lowest BCUT2D eigenvalue weighted by molar-refractivity contribution is -0.137. The number of esters is 1.